The third-order valence-electron chi connectivity index (χ3n) is 3.21. The van der Waals surface area contributed by atoms with Crippen molar-refractivity contribution in [3.8, 4) is 5.75 Å². The molecular weight excluding hydrogens is 231 g/mol. The number of hydrogen-bond acceptors (Lipinski definition) is 3. The zero-order chi connectivity index (χ0) is 13.0. The van der Waals surface area contributed by atoms with Crippen LogP contribution in [0.2, 0.25) is 0 Å². The van der Waals surface area contributed by atoms with Gasteiger partial charge in [-0.05, 0) is 25.7 Å². The zero-order valence-corrected chi connectivity index (χ0v) is 10.8. The lowest BCUT2D eigenvalue weighted by Gasteiger charge is -2.12. The second kappa shape index (κ2) is 5.94. The van der Waals surface area contributed by atoms with E-state index in [9.17, 15) is 4.39 Å². The van der Waals surface area contributed by atoms with Crippen LogP contribution in [0, 0.1) is 11.7 Å². The first kappa shape index (κ1) is 13.0. The Bertz CT molecular complexity index is 405. The highest BCUT2D eigenvalue weighted by molar-refractivity contribution is 5.68. The molecule has 0 saturated heterocycles. The molecule has 100 valence electrons. The van der Waals surface area contributed by atoms with Crippen molar-refractivity contribution in [2.75, 3.05) is 24.2 Å². The van der Waals surface area contributed by atoms with Gasteiger partial charge in [0.15, 0.2) is 11.6 Å². The first-order valence-corrected chi connectivity index (χ1v) is 6.66. The Labute approximate surface area is 108 Å². The summed E-state index contributed by atoms with van der Waals surface area (Å²) in [5, 5.41) is 3.25. The van der Waals surface area contributed by atoms with E-state index in [2.05, 4.69) is 5.32 Å². The Morgan fingerprint density at radius 2 is 2.22 bits per heavy atom. The maximum atomic E-state index is 13.5. The van der Waals surface area contributed by atoms with Crippen LogP contribution < -0.4 is 15.8 Å². The molecule has 3 nitrogen and oxygen atoms in total. The van der Waals surface area contributed by atoms with Gasteiger partial charge in [0.05, 0.1) is 18.0 Å². The van der Waals surface area contributed by atoms with Crippen LogP contribution in [0.3, 0.4) is 0 Å². The lowest BCUT2D eigenvalue weighted by Crippen LogP contribution is -2.06. The largest absolute Gasteiger partial charge is 0.491 e. The van der Waals surface area contributed by atoms with Gasteiger partial charge in [0.1, 0.15) is 0 Å². The first-order valence-electron chi connectivity index (χ1n) is 6.66. The van der Waals surface area contributed by atoms with Crippen LogP contribution in [0.15, 0.2) is 12.1 Å². The highest BCUT2D eigenvalue weighted by Crippen LogP contribution is 2.33. The summed E-state index contributed by atoms with van der Waals surface area (Å²) in [6.45, 7) is 3.15. The second-order valence-electron chi connectivity index (χ2n) is 4.82. The SMILES string of the molecule is CCOc1cc(NCCCC2CC2)c(N)cc1F. The summed E-state index contributed by atoms with van der Waals surface area (Å²) in [5.74, 6) is 0.797. The number of anilines is 2. The molecule has 1 aliphatic rings. The fourth-order valence-corrected chi connectivity index (χ4v) is 2.01. The van der Waals surface area contributed by atoms with Crippen LogP contribution in [0.1, 0.15) is 32.6 Å². The Morgan fingerprint density at radius 1 is 1.44 bits per heavy atom. The Morgan fingerprint density at radius 3 is 2.89 bits per heavy atom. The summed E-state index contributed by atoms with van der Waals surface area (Å²) in [6, 6.07) is 2.96. The molecule has 0 amide bonds. The number of hydrogen-bond donors (Lipinski definition) is 2. The van der Waals surface area contributed by atoms with Crippen LogP contribution in [-0.2, 0) is 0 Å². The summed E-state index contributed by atoms with van der Waals surface area (Å²) in [7, 11) is 0. The van der Waals surface area contributed by atoms with Gasteiger partial charge < -0.3 is 15.8 Å². The molecule has 1 aromatic carbocycles. The minimum atomic E-state index is -0.405. The van der Waals surface area contributed by atoms with E-state index < -0.39 is 5.82 Å². The molecular formula is C14H21FN2O. The fourth-order valence-electron chi connectivity index (χ4n) is 2.01. The number of nitrogens with two attached hydrogens (primary N) is 1. The van der Waals surface area contributed by atoms with Crippen molar-refractivity contribution in [1.82, 2.24) is 0 Å². The molecule has 0 atom stereocenters. The van der Waals surface area contributed by atoms with E-state index in [0.29, 0.717) is 12.3 Å². The van der Waals surface area contributed by atoms with Crippen LogP contribution in [-0.4, -0.2) is 13.2 Å². The van der Waals surface area contributed by atoms with Crippen LogP contribution >= 0.6 is 0 Å². The number of ether oxygens (including phenoxy) is 1. The molecule has 4 heteroatoms. The molecule has 18 heavy (non-hydrogen) atoms. The molecule has 0 spiro atoms. The summed E-state index contributed by atoms with van der Waals surface area (Å²) in [6.07, 6.45) is 5.16. The Kier molecular flexibility index (Phi) is 4.28. The lowest BCUT2D eigenvalue weighted by atomic mass is 10.2. The van der Waals surface area contributed by atoms with Crippen molar-refractivity contribution in [2.24, 2.45) is 5.92 Å². The third-order valence-corrected chi connectivity index (χ3v) is 3.21. The van der Waals surface area contributed by atoms with Gasteiger partial charge >= 0.3 is 0 Å². The smallest absolute Gasteiger partial charge is 0.167 e. The van der Waals surface area contributed by atoms with E-state index >= 15 is 0 Å². The minimum Gasteiger partial charge on any atom is -0.491 e. The normalized spacial score (nSPS) is 14.6. The summed E-state index contributed by atoms with van der Waals surface area (Å²) < 4.78 is 18.7. The fraction of sp³-hybridized carbons (Fsp3) is 0.571. The van der Waals surface area contributed by atoms with Gasteiger partial charge in [0.2, 0.25) is 0 Å². The van der Waals surface area contributed by atoms with Gasteiger partial charge in [-0.2, -0.15) is 0 Å². The van der Waals surface area contributed by atoms with E-state index in [0.717, 1.165) is 24.6 Å². The maximum Gasteiger partial charge on any atom is 0.167 e. The standard InChI is InChI=1S/C14H21FN2O/c1-2-18-14-9-13(12(16)8-11(14)15)17-7-3-4-10-5-6-10/h8-10,17H,2-7,16H2,1H3. The third kappa shape index (κ3) is 3.52. The predicted octanol–water partition coefficient (Wildman–Crippen LogP) is 3.41. The summed E-state index contributed by atoms with van der Waals surface area (Å²) in [5.41, 5.74) is 6.98. The molecule has 2 rings (SSSR count). The molecule has 0 bridgehead atoms. The maximum absolute atomic E-state index is 13.5. The minimum absolute atomic E-state index is 0.261. The van der Waals surface area contributed by atoms with E-state index in [4.69, 9.17) is 10.5 Å². The van der Waals surface area contributed by atoms with Crippen molar-refractivity contribution in [1.29, 1.82) is 0 Å². The molecule has 1 saturated carbocycles. The molecule has 0 aromatic heterocycles. The van der Waals surface area contributed by atoms with Crippen LogP contribution in [0.5, 0.6) is 5.75 Å². The van der Waals surface area contributed by atoms with Crippen molar-refractivity contribution in [2.45, 2.75) is 32.6 Å². The number of benzene rings is 1. The van der Waals surface area contributed by atoms with Crippen molar-refractivity contribution in [3.05, 3.63) is 17.9 Å². The molecule has 1 aliphatic carbocycles. The van der Waals surface area contributed by atoms with Crippen LogP contribution in [0.4, 0.5) is 15.8 Å². The quantitative estimate of drug-likeness (QED) is 0.577. The van der Waals surface area contributed by atoms with Crippen molar-refractivity contribution < 1.29 is 9.13 Å². The highest BCUT2D eigenvalue weighted by Gasteiger charge is 2.20. The average molecular weight is 252 g/mol. The molecule has 0 radical (unpaired) electrons. The molecule has 0 heterocycles. The van der Waals surface area contributed by atoms with E-state index in [1.165, 1.54) is 25.3 Å². The van der Waals surface area contributed by atoms with Gasteiger partial charge in [0, 0.05) is 18.7 Å². The molecule has 1 aromatic rings. The van der Waals surface area contributed by atoms with Gasteiger partial charge in [-0.1, -0.05) is 12.8 Å². The molecule has 0 aliphatic heterocycles. The Hall–Kier alpha value is -1.45. The predicted molar refractivity (Wildman–Crippen MR) is 72.4 cm³/mol. The number of rotatable bonds is 7. The molecule has 0 unspecified atom stereocenters. The van der Waals surface area contributed by atoms with Gasteiger partial charge in [-0.25, -0.2) is 4.39 Å². The Balaban J connectivity index is 1.90. The second-order valence-corrected chi connectivity index (χ2v) is 4.82. The van der Waals surface area contributed by atoms with E-state index in [1.807, 2.05) is 6.92 Å². The van der Waals surface area contributed by atoms with Crippen molar-refractivity contribution >= 4 is 11.4 Å². The average Bonchev–Trinajstić information content (AvgIpc) is 3.14. The van der Waals surface area contributed by atoms with Gasteiger partial charge in [0.25, 0.3) is 0 Å². The van der Waals surface area contributed by atoms with E-state index in [1.54, 1.807) is 6.07 Å². The highest BCUT2D eigenvalue weighted by atomic mass is 19.1. The number of nitrogen functional groups attached to an aromatic ring is 1. The zero-order valence-electron chi connectivity index (χ0n) is 10.8. The van der Waals surface area contributed by atoms with Gasteiger partial charge in [-0.15, -0.1) is 0 Å². The lowest BCUT2D eigenvalue weighted by molar-refractivity contribution is 0.322. The summed E-state index contributed by atoms with van der Waals surface area (Å²) in [4.78, 5) is 0. The van der Waals surface area contributed by atoms with Crippen molar-refractivity contribution in [3.63, 3.8) is 0 Å². The summed E-state index contributed by atoms with van der Waals surface area (Å²) >= 11 is 0. The van der Waals surface area contributed by atoms with Gasteiger partial charge in [-0.3, -0.25) is 0 Å². The monoisotopic (exact) mass is 252 g/mol. The van der Waals surface area contributed by atoms with E-state index in [-0.39, 0.29) is 5.75 Å². The number of halogens is 1. The topological polar surface area (TPSA) is 47.3 Å². The van der Waals surface area contributed by atoms with Crippen LogP contribution in [0.25, 0.3) is 0 Å². The molecule has 1 fully saturated rings. The first-order chi connectivity index (χ1) is 8.70. The number of nitrogens with one attached hydrogen (secondary N) is 1. The molecule has 3 N–H and O–H groups in total.